The van der Waals surface area contributed by atoms with Gasteiger partial charge in [-0.3, -0.25) is 9.69 Å². The predicted molar refractivity (Wildman–Crippen MR) is 132 cm³/mol. The van der Waals surface area contributed by atoms with E-state index >= 15 is 0 Å². The fourth-order valence-electron chi connectivity index (χ4n) is 4.50. The second-order valence-corrected chi connectivity index (χ2v) is 12.0. The number of thiophene rings is 1. The van der Waals surface area contributed by atoms with Crippen molar-refractivity contribution in [1.29, 1.82) is 0 Å². The Morgan fingerprint density at radius 1 is 1.15 bits per heavy atom. The highest BCUT2D eigenvalue weighted by Crippen LogP contribution is 2.28. The van der Waals surface area contributed by atoms with Crippen molar-refractivity contribution < 1.29 is 23.1 Å². The van der Waals surface area contributed by atoms with Crippen LogP contribution in [0.2, 0.25) is 0 Å². The molecule has 2 aliphatic rings. The summed E-state index contributed by atoms with van der Waals surface area (Å²) in [6.45, 7) is 3.59. The van der Waals surface area contributed by atoms with Gasteiger partial charge in [-0.1, -0.05) is 6.07 Å². The minimum atomic E-state index is -3.57. The molecule has 1 aromatic heterocycles. The number of sulfonamides is 1. The normalized spacial score (nSPS) is 22.6. The largest absolute Gasteiger partial charge is 0.508 e. The van der Waals surface area contributed by atoms with Crippen molar-refractivity contribution in [2.75, 3.05) is 64.9 Å². The summed E-state index contributed by atoms with van der Waals surface area (Å²) in [7, 11) is -0.0726. The number of hydrogen-bond acceptors (Lipinski definition) is 8. The van der Waals surface area contributed by atoms with E-state index < -0.39 is 10.0 Å². The van der Waals surface area contributed by atoms with Crippen LogP contribution < -0.4 is 4.90 Å². The Hall–Kier alpha value is -2.18. The van der Waals surface area contributed by atoms with Gasteiger partial charge in [0.25, 0.3) is 10.0 Å². The third kappa shape index (κ3) is 5.55. The quantitative estimate of drug-likeness (QED) is 0.606. The van der Waals surface area contributed by atoms with Crippen LogP contribution in [0.4, 0.5) is 5.69 Å². The average molecular weight is 509 g/mol. The van der Waals surface area contributed by atoms with Crippen LogP contribution in [0.15, 0.2) is 46.0 Å². The molecule has 2 fully saturated rings. The van der Waals surface area contributed by atoms with Crippen LogP contribution in [-0.4, -0.2) is 106 Å². The van der Waals surface area contributed by atoms with Gasteiger partial charge >= 0.3 is 0 Å². The molecule has 1 amide bonds. The maximum absolute atomic E-state index is 13.3. The van der Waals surface area contributed by atoms with Gasteiger partial charge < -0.3 is 19.6 Å². The maximum atomic E-state index is 13.3. The van der Waals surface area contributed by atoms with Crippen molar-refractivity contribution in [2.45, 2.75) is 22.7 Å². The molecular weight excluding hydrogens is 476 g/mol. The molecular formula is C23H32N4O5S2. The van der Waals surface area contributed by atoms with Crippen LogP contribution in [0.1, 0.15) is 6.42 Å². The van der Waals surface area contributed by atoms with E-state index in [2.05, 4.69) is 9.80 Å². The summed E-state index contributed by atoms with van der Waals surface area (Å²) in [6.07, 6.45) is 0.357. The van der Waals surface area contributed by atoms with Crippen LogP contribution >= 0.6 is 11.3 Å². The molecule has 2 aromatic rings. The first-order chi connectivity index (χ1) is 16.3. The molecule has 0 saturated carbocycles. The number of ether oxygens (including phenoxy) is 1. The molecule has 1 N–H and O–H groups in total. The first-order valence-corrected chi connectivity index (χ1v) is 13.7. The summed E-state index contributed by atoms with van der Waals surface area (Å²) in [5.74, 6) is 0.232. The topological polar surface area (TPSA) is 93.6 Å². The van der Waals surface area contributed by atoms with Crippen LogP contribution in [0.5, 0.6) is 5.75 Å². The molecule has 0 unspecified atom stereocenters. The minimum absolute atomic E-state index is 0.0430. The Morgan fingerprint density at radius 2 is 1.91 bits per heavy atom. The fourth-order valence-corrected chi connectivity index (χ4v) is 7.11. The van der Waals surface area contributed by atoms with E-state index in [4.69, 9.17) is 4.74 Å². The molecule has 2 atom stereocenters. The summed E-state index contributed by atoms with van der Waals surface area (Å²) >= 11 is 1.23. The van der Waals surface area contributed by atoms with E-state index in [1.165, 1.54) is 11.3 Å². The van der Waals surface area contributed by atoms with Gasteiger partial charge in [0.1, 0.15) is 9.96 Å². The molecule has 9 nitrogen and oxygen atoms in total. The second kappa shape index (κ2) is 10.6. The highest BCUT2D eigenvalue weighted by Gasteiger charge is 2.37. The number of nitrogens with zero attached hydrogens (tertiary/aromatic N) is 4. The molecule has 0 spiro atoms. The van der Waals surface area contributed by atoms with Gasteiger partial charge in [-0.05, 0) is 35.7 Å². The Balaban J connectivity index is 1.58. The van der Waals surface area contributed by atoms with Gasteiger partial charge in [-0.25, -0.2) is 8.42 Å². The minimum Gasteiger partial charge on any atom is -0.508 e. The van der Waals surface area contributed by atoms with Gasteiger partial charge in [-0.15, -0.1) is 11.3 Å². The molecule has 2 saturated heterocycles. The molecule has 11 heteroatoms. The van der Waals surface area contributed by atoms with Gasteiger partial charge in [0.2, 0.25) is 5.91 Å². The summed E-state index contributed by atoms with van der Waals surface area (Å²) in [5, 5.41) is 11.5. The van der Waals surface area contributed by atoms with Crippen LogP contribution in [-0.2, 0) is 19.6 Å². The zero-order valence-corrected chi connectivity index (χ0v) is 21.2. The molecule has 0 aliphatic carbocycles. The number of phenolic OH excluding ortho intramolecular Hbond substituents is 1. The Kier molecular flexibility index (Phi) is 7.78. The Morgan fingerprint density at radius 3 is 2.59 bits per heavy atom. The lowest BCUT2D eigenvalue weighted by atomic mass is 10.1. The monoisotopic (exact) mass is 508 g/mol. The van der Waals surface area contributed by atoms with Crippen molar-refractivity contribution >= 4 is 33.0 Å². The molecule has 0 bridgehead atoms. The first kappa shape index (κ1) is 24.9. The Bertz CT molecular complexity index is 1060. The number of morpholine rings is 1. The van der Waals surface area contributed by atoms with E-state index in [1.54, 1.807) is 52.9 Å². The van der Waals surface area contributed by atoms with Gasteiger partial charge in [0.15, 0.2) is 0 Å². The van der Waals surface area contributed by atoms with Crippen LogP contribution in [0.25, 0.3) is 0 Å². The molecule has 1 aromatic carbocycles. The number of carbonyl (C=O) groups is 1. The van der Waals surface area contributed by atoms with Crippen molar-refractivity contribution in [3.05, 3.63) is 41.8 Å². The summed E-state index contributed by atoms with van der Waals surface area (Å²) in [6, 6.07) is 10.2. The summed E-state index contributed by atoms with van der Waals surface area (Å²) in [4.78, 5) is 18.5. The fraction of sp³-hybridized carbons (Fsp3) is 0.522. The number of amides is 1. The second-order valence-electron chi connectivity index (χ2n) is 8.87. The number of benzene rings is 1. The SMILES string of the molecule is CN(C)C(=O)C[C@@H]1COCCN1C[C@H]1CN(S(=O)(=O)c2cccs2)CCN1c1ccc(O)cc1. The van der Waals surface area contributed by atoms with E-state index in [-0.39, 0.29) is 23.7 Å². The number of piperazine rings is 1. The van der Waals surface area contributed by atoms with Crippen LogP contribution in [0.3, 0.4) is 0 Å². The number of carbonyl (C=O) groups excluding carboxylic acids is 1. The molecule has 34 heavy (non-hydrogen) atoms. The van der Waals surface area contributed by atoms with Gasteiger partial charge in [-0.2, -0.15) is 4.31 Å². The number of aromatic hydroxyl groups is 1. The average Bonchev–Trinajstić information content (AvgIpc) is 3.37. The first-order valence-electron chi connectivity index (χ1n) is 11.4. The molecule has 4 rings (SSSR count). The Labute approximate surface area is 205 Å². The van der Waals surface area contributed by atoms with Gasteiger partial charge in [0, 0.05) is 65.0 Å². The number of anilines is 1. The van der Waals surface area contributed by atoms with Crippen LogP contribution in [0, 0.1) is 0 Å². The highest BCUT2D eigenvalue weighted by atomic mass is 32.2. The van der Waals surface area contributed by atoms with Crippen molar-refractivity contribution in [1.82, 2.24) is 14.1 Å². The van der Waals surface area contributed by atoms with Crippen molar-refractivity contribution in [3.8, 4) is 5.75 Å². The van der Waals surface area contributed by atoms with Crippen molar-refractivity contribution in [3.63, 3.8) is 0 Å². The van der Waals surface area contributed by atoms with E-state index in [9.17, 15) is 18.3 Å². The molecule has 3 heterocycles. The van der Waals surface area contributed by atoms with E-state index in [0.717, 1.165) is 5.69 Å². The van der Waals surface area contributed by atoms with Crippen molar-refractivity contribution in [2.24, 2.45) is 0 Å². The lowest BCUT2D eigenvalue weighted by Gasteiger charge is -2.46. The predicted octanol–water partition coefficient (Wildman–Crippen LogP) is 1.51. The maximum Gasteiger partial charge on any atom is 0.252 e. The molecule has 2 aliphatic heterocycles. The van der Waals surface area contributed by atoms with E-state index in [0.29, 0.717) is 56.6 Å². The standard InChI is InChI=1S/C23H32N4O5S2/c1-24(2)22(29)14-19-17-32-12-11-25(19)15-20-16-26(34(30,31)23-4-3-13-33-23)9-10-27(20)18-5-7-21(28)8-6-18/h3-8,13,19-20,28H,9-12,14-17H2,1-2H3/t19-,20+/m1/s1. The number of phenols is 1. The lowest BCUT2D eigenvalue weighted by molar-refractivity contribution is -0.131. The van der Waals surface area contributed by atoms with E-state index in [1.807, 2.05) is 12.1 Å². The zero-order valence-electron chi connectivity index (χ0n) is 19.5. The third-order valence-electron chi connectivity index (χ3n) is 6.42. The smallest absolute Gasteiger partial charge is 0.252 e. The number of hydrogen-bond donors (Lipinski definition) is 1. The third-order valence-corrected chi connectivity index (χ3v) is 9.66. The summed E-state index contributed by atoms with van der Waals surface area (Å²) in [5.41, 5.74) is 0.935. The van der Waals surface area contributed by atoms with Gasteiger partial charge in [0.05, 0.1) is 19.3 Å². The zero-order chi connectivity index (χ0) is 24.3. The number of rotatable bonds is 7. The molecule has 186 valence electrons. The highest BCUT2D eigenvalue weighted by molar-refractivity contribution is 7.91. The lowest BCUT2D eigenvalue weighted by Crippen LogP contribution is -2.60. The molecule has 0 radical (unpaired) electrons. The summed E-state index contributed by atoms with van der Waals surface area (Å²) < 4.78 is 34.1.